The molecule has 0 saturated carbocycles. The fourth-order valence-electron chi connectivity index (χ4n) is 3.08. The Kier molecular flexibility index (Phi) is 5.11. The zero-order valence-corrected chi connectivity index (χ0v) is 14.5. The van der Waals surface area contributed by atoms with Gasteiger partial charge in [0.15, 0.2) is 0 Å². The highest BCUT2D eigenvalue weighted by molar-refractivity contribution is 6.00. The number of rotatable bonds is 4. The van der Waals surface area contributed by atoms with E-state index in [0.29, 0.717) is 12.0 Å². The highest BCUT2D eigenvalue weighted by Crippen LogP contribution is 2.36. The van der Waals surface area contributed by atoms with Crippen LogP contribution in [0.1, 0.15) is 40.7 Å². The smallest absolute Gasteiger partial charge is 0.329 e. The Hall–Kier alpha value is -2.97. The number of aromatic nitrogens is 2. The molecule has 1 atom stereocenters. The molecule has 2 amide bonds. The second kappa shape index (κ2) is 7.34. The van der Waals surface area contributed by atoms with Gasteiger partial charge in [0.05, 0.1) is 5.56 Å². The van der Waals surface area contributed by atoms with Gasteiger partial charge in [0.1, 0.15) is 6.54 Å². The first-order valence-corrected chi connectivity index (χ1v) is 8.37. The lowest BCUT2D eigenvalue weighted by Crippen LogP contribution is -2.44. The van der Waals surface area contributed by atoms with Crippen molar-refractivity contribution in [1.82, 2.24) is 14.9 Å². The van der Waals surface area contributed by atoms with Crippen molar-refractivity contribution in [3.8, 4) is 0 Å². The Morgan fingerprint density at radius 1 is 1.30 bits per heavy atom. The zero-order valence-electron chi connectivity index (χ0n) is 14.5. The maximum absolute atomic E-state index is 13.0. The van der Waals surface area contributed by atoms with Crippen LogP contribution in [0, 0.1) is 0 Å². The molecule has 1 N–H and O–H groups in total. The molecule has 27 heavy (non-hydrogen) atoms. The van der Waals surface area contributed by atoms with Crippen molar-refractivity contribution < 1.29 is 22.8 Å². The molecule has 142 valence electrons. The van der Waals surface area contributed by atoms with Crippen molar-refractivity contribution in [3.05, 3.63) is 53.3 Å². The second-order valence-corrected chi connectivity index (χ2v) is 6.21. The third-order valence-corrected chi connectivity index (χ3v) is 4.42. The molecule has 1 aromatic heterocycles. The summed E-state index contributed by atoms with van der Waals surface area (Å²) >= 11 is 0. The molecule has 3 rings (SSSR count). The number of carbonyl (C=O) groups is 2. The number of halogens is 3. The van der Waals surface area contributed by atoms with E-state index < -0.39 is 23.6 Å². The number of hydrogen-bond donors (Lipinski definition) is 1. The third kappa shape index (κ3) is 4.07. The van der Waals surface area contributed by atoms with Crippen molar-refractivity contribution in [1.29, 1.82) is 0 Å². The summed E-state index contributed by atoms with van der Waals surface area (Å²) in [5.41, 5.74) is -0.204. The molecule has 2 aromatic rings. The van der Waals surface area contributed by atoms with E-state index in [1.807, 2.05) is 6.92 Å². The van der Waals surface area contributed by atoms with E-state index in [4.69, 9.17) is 0 Å². The number of amides is 2. The minimum absolute atomic E-state index is 0.120. The first kappa shape index (κ1) is 18.8. The van der Waals surface area contributed by atoms with Gasteiger partial charge in [0.2, 0.25) is 11.9 Å². The Morgan fingerprint density at radius 3 is 2.63 bits per heavy atom. The van der Waals surface area contributed by atoms with Crippen LogP contribution in [0.4, 0.5) is 19.1 Å². The first-order chi connectivity index (χ1) is 12.8. The van der Waals surface area contributed by atoms with Gasteiger partial charge in [0.25, 0.3) is 5.91 Å². The molecule has 1 aliphatic heterocycles. The number of alkyl halides is 3. The quantitative estimate of drug-likeness (QED) is 0.887. The highest BCUT2D eigenvalue weighted by Gasteiger charge is 2.36. The molecule has 0 bridgehead atoms. The predicted molar refractivity (Wildman–Crippen MR) is 91.0 cm³/mol. The lowest BCUT2D eigenvalue weighted by Gasteiger charge is -2.34. The van der Waals surface area contributed by atoms with E-state index in [-0.39, 0.29) is 30.5 Å². The Morgan fingerprint density at radius 2 is 2.00 bits per heavy atom. The molecule has 6 nitrogen and oxygen atoms in total. The summed E-state index contributed by atoms with van der Waals surface area (Å²) in [5, 5.41) is 2.49. The average molecular weight is 378 g/mol. The van der Waals surface area contributed by atoms with Gasteiger partial charge in [-0.2, -0.15) is 13.2 Å². The minimum atomic E-state index is -4.47. The maximum atomic E-state index is 13.0. The fraction of sp³-hybridized carbons (Fsp3) is 0.333. The molecule has 0 fully saturated rings. The van der Waals surface area contributed by atoms with Gasteiger partial charge in [-0.05, 0) is 36.2 Å². The molecule has 0 spiro atoms. The maximum Gasteiger partial charge on any atom is 0.416 e. The van der Waals surface area contributed by atoms with Crippen molar-refractivity contribution >= 4 is 17.8 Å². The van der Waals surface area contributed by atoms with Crippen LogP contribution in [-0.2, 0) is 11.0 Å². The molecule has 0 radical (unpaired) electrons. The SMILES string of the molecule is CCC1CN(CC(=O)Nc2ncccn2)C(=O)c2ccc(C(F)(F)F)cc21. The number of nitrogens with one attached hydrogen (secondary N) is 1. The fourth-order valence-corrected chi connectivity index (χ4v) is 3.08. The van der Waals surface area contributed by atoms with Crippen LogP contribution in [0.25, 0.3) is 0 Å². The standard InChI is InChI=1S/C18H17F3N4O2/c1-2-11-9-25(10-15(26)24-17-22-6-3-7-23-17)16(27)13-5-4-12(8-14(11)13)18(19,20)21/h3-8,11H,2,9-10H2,1H3,(H,22,23,24,26). The molecular formula is C18H17F3N4O2. The lowest BCUT2D eigenvalue weighted by molar-refractivity contribution is -0.137. The van der Waals surface area contributed by atoms with E-state index in [2.05, 4.69) is 15.3 Å². The van der Waals surface area contributed by atoms with Crippen LogP contribution < -0.4 is 5.32 Å². The van der Waals surface area contributed by atoms with Crippen LogP contribution in [0.2, 0.25) is 0 Å². The summed E-state index contributed by atoms with van der Waals surface area (Å²) in [6.45, 7) is 1.78. The number of anilines is 1. The molecule has 9 heteroatoms. The van der Waals surface area contributed by atoms with Gasteiger partial charge in [-0.1, -0.05) is 6.92 Å². The summed E-state index contributed by atoms with van der Waals surface area (Å²) in [6.07, 6.45) is -0.989. The van der Waals surface area contributed by atoms with Crippen molar-refractivity contribution in [2.45, 2.75) is 25.4 Å². The van der Waals surface area contributed by atoms with Crippen molar-refractivity contribution in [3.63, 3.8) is 0 Å². The normalized spacial score (nSPS) is 16.8. The number of hydrogen-bond acceptors (Lipinski definition) is 4. The predicted octanol–water partition coefficient (Wildman–Crippen LogP) is 3.08. The summed E-state index contributed by atoms with van der Waals surface area (Å²) in [4.78, 5) is 33.9. The highest BCUT2D eigenvalue weighted by atomic mass is 19.4. The van der Waals surface area contributed by atoms with Gasteiger partial charge >= 0.3 is 6.18 Å². The lowest BCUT2D eigenvalue weighted by atomic mass is 9.86. The summed E-state index contributed by atoms with van der Waals surface area (Å²) < 4.78 is 38.9. The molecule has 1 aromatic carbocycles. The van der Waals surface area contributed by atoms with E-state index in [9.17, 15) is 22.8 Å². The molecule has 0 aliphatic carbocycles. The van der Waals surface area contributed by atoms with E-state index >= 15 is 0 Å². The Balaban J connectivity index is 1.80. The number of carbonyl (C=O) groups excluding carboxylic acids is 2. The van der Waals surface area contributed by atoms with Crippen LogP contribution in [-0.4, -0.2) is 39.8 Å². The molecule has 1 unspecified atom stereocenters. The van der Waals surface area contributed by atoms with Crippen LogP contribution in [0.3, 0.4) is 0 Å². The number of fused-ring (bicyclic) bond motifs is 1. The zero-order chi connectivity index (χ0) is 19.6. The van der Waals surface area contributed by atoms with Gasteiger partial charge in [0, 0.05) is 30.4 Å². The second-order valence-electron chi connectivity index (χ2n) is 6.21. The third-order valence-electron chi connectivity index (χ3n) is 4.42. The Bertz CT molecular complexity index is 855. The molecule has 0 saturated heterocycles. The largest absolute Gasteiger partial charge is 0.416 e. The van der Waals surface area contributed by atoms with E-state index in [0.717, 1.165) is 12.1 Å². The summed E-state index contributed by atoms with van der Waals surface area (Å²) in [6, 6.07) is 4.72. The van der Waals surface area contributed by atoms with Crippen LogP contribution >= 0.6 is 0 Å². The average Bonchev–Trinajstić information content (AvgIpc) is 2.63. The Labute approximate surface area is 153 Å². The van der Waals surface area contributed by atoms with Gasteiger partial charge < -0.3 is 4.90 Å². The summed E-state index contributed by atoms with van der Waals surface area (Å²) in [7, 11) is 0. The molecule has 1 aliphatic rings. The monoisotopic (exact) mass is 378 g/mol. The number of benzene rings is 1. The van der Waals surface area contributed by atoms with Gasteiger partial charge in [-0.15, -0.1) is 0 Å². The minimum Gasteiger partial charge on any atom is -0.329 e. The van der Waals surface area contributed by atoms with Gasteiger partial charge in [-0.3, -0.25) is 14.9 Å². The topological polar surface area (TPSA) is 75.2 Å². The van der Waals surface area contributed by atoms with E-state index in [1.165, 1.54) is 23.4 Å². The molecule has 2 heterocycles. The first-order valence-electron chi connectivity index (χ1n) is 8.37. The van der Waals surface area contributed by atoms with Crippen molar-refractivity contribution in [2.75, 3.05) is 18.4 Å². The van der Waals surface area contributed by atoms with E-state index in [1.54, 1.807) is 6.07 Å². The van der Waals surface area contributed by atoms with Crippen LogP contribution in [0.5, 0.6) is 0 Å². The number of nitrogens with zero attached hydrogens (tertiary/aromatic N) is 3. The van der Waals surface area contributed by atoms with Crippen LogP contribution in [0.15, 0.2) is 36.7 Å². The van der Waals surface area contributed by atoms with Gasteiger partial charge in [-0.25, -0.2) is 9.97 Å². The summed E-state index contributed by atoms with van der Waals surface area (Å²) in [5.74, 6) is -1.10. The van der Waals surface area contributed by atoms with Crippen molar-refractivity contribution in [2.24, 2.45) is 0 Å². The molecular weight excluding hydrogens is 361 g/mol.